The van der Waals surface area contributed by atoms with Gasteiger partial charge in [-0.25, -0.2) is 9.37 Å². The maximum absolute atomic E-state index is 14.0. The van der Waals surface area contributed by atoms with E-state index in [0.717, 1.165) is 51.7 Å². The van der Waals surface area contributed by atoms with Crippen molar-refractivity contribution in [2.75, 3.05) is 29.9 Å². The van der Waals surface area contributed by atoms with Crippen molar-refractivity contribution in [2.45, 2.75) is 38.1 Å². The number of halogens is 1. The van der Waals surface area contributed by atoms with E-state index in [1.165, 1.54) is 11.6 Å². The Balaban J connectivity index is 1.22. The van der Waals surface area contributed by atoms with Crippen molar-refractivity contribution in [1.29, 1.82) is 0 Å². The van der Waals surface area contributed by atoms with Crippen LogP contribution in [-0.4, -0.2) is 46.5 Å². The van der Waals surface area contributed by atoms with Gasteiger partial charge in [-0.1, -0.05) is 42.5 Å². The van der Waals surface area contributed by atoms with E-state index in [9.17, 15) is 9.18 Å². The van der Waals surface area contributed by atoms with E-state index in [1.807, 2.05) is 15.9 Å². The van der Waals surface area contributed by atoms with Gasteiger partial charge in [0.2, 0.25) is 11.9 Å². The summed E-state index contributed by atoms with van der Waals surface area (Å²) in [7, 11) is 0. The number of carbonyl (C=O) groups is 1. The van der Waals surface area contributed by atoms with E-state index in [4.69, 9.17) is 0 Å². The summed E-state index contributed by atoms with van der Waals surface area (Å²) in [4.78, 5) is 26.5. The lowest BCUT2D eigenvalue weighted by Gasteiger charge is -2.35. The Labute approximate surface area is 199 Å². The van der Waals surface area contributed by atoms with Crippen molar-refractivity contribution in [2.24, 2.45) is 5.92 Å². The van der Waals surface area contributed by atoms with Crippen LogP contribution in [0.5, 0.6) is 0 Å². The van der Waals surface area contributed by atoms with Gasteiger partial charge in [-0.05, 0) is 61.8 Å². The highest BCUT2D eigenvalue weighted by atomic mass is 19.1. The molecule has 2 fully saturated rings. The summed E-state index contributed by atoms with van der Waals surface area (Å²) in [5.41, 5.74) is 1.73. The van der Waals surface area contributed by atoms with Gasteiger partial charge in [-0.15, -0.1) is 0 Å². The molecule has 176 valence electrons. The smallest absolute Gasteiger partial charge is 0.245 e. The van der Waals surface area contributed by atoms with Gasteiger partial charge in [0.1, 0.15) is 17.7 Å². The molecular weight excluding hydrogens is 429 g/mol. The highest BCUT2D eigenvalue weighted by Gasteiger charge is 2.36. The number of carbonyl (C=O) groups excluding carboxylic acids is 1. The number of amides is 1. The number of nitrogens with one attached hydrogen (secondary N) is 1. The third kappa shape index (κ3) is 5.03. The zero-order valence-corrected chi connectivity index (χ0v) is 19.2. The van der Waals surface area contributed by atoms with Gasteiger partial charge in [0, 0.05) is 25.8 Å². The van der Waals surface area contributed by atoms with Crippen molar-refractivity contribution in [3.8, 4) is 0 Å². The topological polar surface area (TPSA) is 61.4 Å². The first-order valence-electron chi connectivity index (χ1n) is 12.1. The Morgan fingerprint density at radius 2 is 1.74 bits per heavy atom. The minimum atomic E-state index is -0.340. The van der Waals surface area contributed by atoms with Gasteiger partial charge in [0.05, 0.1) is 5.69 Å². The number of likely N-dealkylation sites (tertiary alicyclic amines) is 1. The minimum Gasteiger partial charge on any atom is -0.341 e. The number of rotatable bonds is 6. The second-order valence-electron chi connectivity index (χ2n) is 9.16. The summed E-state index contributed by atoms with van der Waals surface area (Å²) in [5.74, 6) is 1.47. The highest BCUT2D eigenvalue weighted by Crippen LogP contribution is 2.28. The van der Waals surface area contributed by atoms with Crippen molar-refractivity contribution in [3.63, 3.8) is 0 Å². The van der Waals surface area contributed by atoms with Crippen LogP contribution in [0, 0.1) is 11.7 Å². The van der Waals surface area contributed by atoms with Crippen LogP contribution in [0.4, 0.5) is 21.8 Å². The Morgan fingerprint density at radius 3 is 2.53 bits per heavy atom. The van der Waals surface area contributed by atoms with Gasteiger partial charge in [0.15, 0.2) is 0 Å². The molecule has 1 unspecified atom stereocenters. The summed E-state index contributed by atoms with van der Waals surface area (Å²) >= 11 is 0. The summed E-state index contributed by atoms with van der Waals surface area (Å²) in [5, 5.41) is 3.02. The third-order valence-electron chi connectivity index (χ3n) is 6.87. The van der Waals surface area contributed by atoms with Crippen LogP contribution >= 0.6 is 0 Å². The zero-order chi connectivity index (χ0) is 23.3. The molecule has 34 heavy (non-hydrogen) atoms. The quantitative estimate of drug-likeness (QED) is 0.573. The predicted molar refractivity (Wildman–Crippen MR) is 132 cm³/mol. The van der Waals surface area contributed by atoms with Crippen LogP contribution in [0.1, 0.15) is 31.2 Å². The molecule has 0 radical (unpaired) electrons. The van der Waals surface area contributed by atoms with Crippen LogP contribution in [0.3, 0.4) is 0 Å². The Morgan fingerprint density at radius 1 is 0.971 bits per heavy atom. The second kappa shape index (κ2) is 10.2. The van der Waals surface area contributed by atoms with Gasteiger partial charge < -0.3 is 15.1 Å². The van der Waals surface area contributed by atoms with Crippen LogP contribution in [0.15, 0.2) is 66.9 Å². The Bertz CT molecular complexity index is 1120. The Hall–Kier alpha value is -3.48. The molecule has 2 saturated heterocycles. The highest BCUT2D eigenvalue weighted by molar-refractivity contribution is 5.85. The van der Waals surface area contributed by atoms with E-state index >= 15 is 0 Å². The van der Waals surface area contributed by atoms with Crippen LogP contribution in [-0.2, 0) is 11.2 Å². The maximum atomic E-state index is 14.0. The van der Waals surface area contributed by atoms with Crippen molar-refractivity contribution in [1.82, 2.24) is 14.9 Å². The van der Waals surface area contributed by atoms with E-state index < -0.39 is 0 Å². The molecule has 0 aliphatic carbocycles. The van der Waals surface area contributed by atoms with Crippen molar-refractivity contribution < 1.29 is 9.18 Å². The maximum Gasteiger partial charge on any atom is 0.245 e. The fourth-order valence-electron chi connectivity index (χ4n) is 5.04. The molecule has 2 aliphatic heterocycles. The van der Waals surface area contributed by atoms with Gasteiger partial charge in [-0.2, -0.15) is 4.98 Å². The van der Waals surface area contributed by atoms with E-state index in [2.05, 4.69) is 39.6 Å². The van der Waals surface area contributed by atoms with Gasteiger partial charge in [0.25, 0.3) is 0 Å². The standard InChI is InChI=1S/C27H30FN5O/c28-22-9-4-5-10-23(22)30-25-12-15-29-27(31-25)33-16-6-11-24(33)26(34)32-17-13-21(14-18-32)19-20-7-2-1-3-8-20/h1-5,7-10,12,15,21,24H,6,11,13-14,16-19H2,(H,29,30,31). The molecular formula is C27H30FN5O. The summed E-state index contributed by atoms with van der Waals surface area (Å²) in [6.45, 7) is 2.34. The molecule has 7 heteroatoms. The first kappa shape index (κ1) is 22.3. The molecule has 0 saturated carbocycles. The largest absolute Gasteiger partial charge is 0.341 e. The summed E-state index contributed by atoms with van der Waals surface area (Å²) in [6, 6.07) is 18.6. The number of piperidine rings is 1. The Kier molecular flexibility index (Phi) is 6.70. The number of benzene rings is 2. The van der Waals surface area contributed by atoms with Crippen molar-refractivity contribution in [3.05, 3.63) is 78.2 Å². The average Bonchev–Trinajstić information content (AvgIpc) is 3.37. The zero-order valence-electron chi connectivity index (χ0n) is 19.2. The van der Waals surface area contributed by atoms with E-state index in [0.29, 0.717) is 23.4 Å². The summed E-state index contributed by atoms with van der Waals surface area (Å²) in [6.07, 6.45) is 6.53. The fraction of sp³-hybridized carbons (Fsp3) is 0.370. The molecule has 2 aromatic carbocycles. The molecule has 0 spiro atoms. The van der Waals surface area contributed by atoms with Crippen molar-refractivity contribution >= 4 is 23.4 Å². The molecule has 6 nitrogen and oxygen atoms in total. The number of anilines is 3. The normalized spacial score (nSPS) is 18.8. The first-order chi connectivity index (χ1) is 16.7. The molecule has 2 aliphatic rings. The lowest BCUT2D eigenvalue weighted by Crippen LogP contribution is -2.49. The lowest BCUT2D eigenvalue weighted by atomic mass is 9.90. The predicted octanol–water partition coefficient (Wildman–Crippen LogP) is 4.81. The fourth-order valence-corrected chi connectivity index (χ4v) is 5.04. The first-order valence-corrected chi connectivity index (χ1v) is 12.1. The van der Waals surface area contributed by atoms with E-state index in [-0.39, 0.29) is 17.8 Å². The van der Waals surface area contributed by atoms with Gasteiger partial charge >= 0.3 is 0 Å². The molecule has 1 N–H and O–H groups in total. The molecule has 5 rings (SSSR count). The molecule has 1 atom stereocenters. The molecule has 1 amide bonds. The lowest BCUT2D eigenvalue weighted by molar-refractivity contribution is -0.133. The number of aromatic nitrogens is 2. The third-order valence-corrected chi connectivity index (χ3v) is 6.87. The summed E-state index contributed by atoms with van der Waals surface area (Å²) < 4.78 is 14.0. The van der Waals surface area contributed by atoms with Gasteiger partial charge in [-0.3, -0.25) is 4.79 Å². The molecule has 3 aromatic rings. The van der Waals surface area contributed by atoms with E-state index in [1.54, 1.807) is 30.5 Å². The van der Waals surface area contributed by atoms with Crippen LogP contribution < -0.4 is 10.2 Å². The molecule has 1 aromatic heterocycles. The van der Waals surface area contributed by atoms with Crippen LogP contribution in [0.2, 0.25) is 0 Å². The average molecular weight is 460 g/mol. The number of hydrogen-bond donors (Lipinski definition) is 1. The second-order valence-corrected chi connectivity index (χ2v) is 9.16. The van der Waals surface area contributed by atoms with Crippen LogP contribution in [0.25, 0.3) is 0 Å². The number of para-hydroxylation sites is 1. The monoisotopic (exact) mass is 459 g/mol. The number of nitrogens with zero attached hydrogens (tertiary/aromatic N) is 4. The SMILES string of the molecule is O=C(C1CCCN1c1nccc(Nc2ccccc2F)n1)N1CCC(Cc2ccccc2)CC1. The number of hydrogen-bond acceptors (Lipinski definition) is 5. The minimum absolute atomic E-state index is 0.173. The molecule has 3 heterocycles. The molecule has 0 bridgehead atoms.